The molecule has 0 amide bonds. The molecule has 0 aliphatic heterocycles. The van der Waals surface area contributed by atoms with Crippen molar-refractivity contribution in [1.82, 2.24) is 35.2 Å². The first-order valence-corrected chi connectivity index (χ1v) is 5.62. The number of rotatable bonds is 11. The van der Waals surface area contributed by atoms with Crippen LogP contribution in [0.15, 0.2) is 0 Å². The second-order valence-electron chi connectivity index (χ2n) is 3.41. The van der Waals surface area contributed by atoms with Crippen LogP contribution in [0.4, 0.5) is 0 Å². The van der Waals surface area contributed by atoms with Crippen LogP contribution in [-0.2, 0) is 42.1 Å². The van der Waals surface area contributed by atoms with E-state index in [1.165, 1.54) is 12.8 Å². The van der Waals surface area contributed by atoms with Crippen molar-refractivity contribution in [2.24, 2.45) is 0 Å². The average molecular weight is 730 g/mol. The molecule has 12 heteroatoms. The van der Waals surface area contributed by atoms with Crippen molar-refractivity contribution in [2.75, 3.05) is 39.3 Å². The van der Waals surface area contributed by atoms with Gasteiger partial charge in [-0.2, -0.15) is 0 Å². The van der Waals surface area contributed by atoms with E-state index in [-0.39, 0.29) is 91.5 Å². The summed E-state index contributed by atoms with van der Waals surface area (Å²) in [7, 11) is 0. The smallest absolute Gasteiger partial charge is 1.00 e. The molecule has 0 fully saturated rings. The standard InChI is InChI=1S/C10H24N4.2ClH.4H3N.2Pt/c11-5-3-9-13-7-1-2-8-14-10-4-6-12;;;;;;;;/h11-14H,1-10H2;2*1H;4*1H3;;/q-2;;;;;;;2*+2/p-2. The fourth-order valence-corrected chi connectivity index (χ4v) is 1.18. The van der Waals surface area contributed by atoms with E-state index in [4.69, 9.17) is 11.5 Å². The molecule has 0 bridgehead atoms. The first kappa shape index (κ1) is 56.5. The number of nitrogens with one attached hydrogen (secondary N) is 4. The third kappa shape index (κ3) is 57.7. The predicted octanol–water partition coefficient (Wildman–Crippen LogP) is -3.52. The van der Waals surface area contributed by atoms with E-state index in [0.717, 1.165) is 39.0 Å². The van der Waals surface area contributed by atoms with Crippen molar-refractivity contribution in [2.45, 2.75) is 25.7 Å². The van der Waals surface area contributed by atoms with Crippen molar-refractivity contribution in [3.8, 4) is 0 Å². The number of unbranched alkanes of at least 4 members (excludes halogenated alkanes) is 1. The molecule has 22 heavy (non-hydrogen) atoms. The summed E-state index contributed by atoms with van der Waals surface area (Å²) in [5.41, 5.74) is 13.9. The minimum atomic E-state index is 0. The van der Waals surface area contributed by atoms with Gasteiger partial charge in [-0.1, -0.05) is 12.8 Å². The Labute approximate surface area is 177 Å². The van der Waals surface area contributed by atoms with Crippen LogP contribution in [0.2, 0.25) is 0 Å². The second kappa shape index (κ2) is 57.0. The van der Waals surface area contributed by atoms with Gasteiger partial charge in [-0.15, -0.1) is 13.1 Å². The van der Waals surface area contributed by atoms with Crippen LogP contribution in [0.25, 0.3) is 11.5 Å². The van der Waals surface area contributed by atoms with Crippen LogP contribution in [0, 0.1) is 0 Å². The molecule has 0 aromatic carbocycles. The number of hydrogen-bond donors (Lipinski definition) is 6. The zero-order valence-corrected chi connectivity index (χ0v) is 19.3. The van der Waals surface area contributed by atoms with E-state index in [9.17, 15) is 0 Å². The summed E-state index contributed by atoms with van der Waals surface area (Å²) >= 11 is 0. The van der Waals surface area contributed by atoms with Crippen LogP contribution in [0.3, 0.4) is 0 Å². The molecule has 0 aliphatic rings. The minimum Gasteiger partial charge on any atom is -1.00 e. The van der Waals surface area contributed by atoms with E-state index < -0.39 is 0 Å². The van der Waals surface area contributed by atoms with Crippen molar-refractivity contribution in [1.29, 1.82) is 0 Å². The first-order valence-electron chi connectivity index (χ1n) is 5.62. The molecule has 0 aromatic rings. The third-order valence-electron chi connectivity index (χ3n) is 2.02. The molecule has 0 aromatic heterocycles. The van der Waals surface area contributed by atoms with Gasteiger partial charge in [-0.3, -0.25) is 0 Å². The molecule has 0 spiro atoms. The van der Waals surface area contributed by atoms with E-state index in [1.807, 2.05) is 0 Å². The Morgan fingerprint density at radius 3 is 0.955 bits per heavy atom. The Kier molecular flexibility index (Phi) is 146. The molecule has 8 nitrogen and oxygen atoms in total. The number of hydrogen-bond acceptors (Lipinski definition) is 6. The maximum atomic E-state index is 6.95. The Morgan fingerprint density at radius 2 is 0.727 bits per heavy atom. The zero-order valence-electron chi connectivity index (χ0n) is 13.3. The Morgan fingerprint density at radius 1 is 0.500 bits per heavy atom. The fourth-order valence-electron chi connectivity index (χ4n) is 1.18. The molecule has 150 valence electrons. The van der Waals surface area contributed by atoms with Gasteiger partial charge in [0, 0.05) is 0 Å². The molecule has 0 aliphatic carbocycles. The summed E-state index contributed by atoms with van der Waals surface area (Å²) < 4.78 is 0. The van der Waals surface area contributed by atoms with E-state index in [0.29, 0.717) is 13.1 Å². The molecular weight excluding hydrogens is 693 g/mol. The topological polar surface area (TPSA) is 212 Å². The predicted molar refractivity (Wildman–Crippen MR) is 82.7 cm³/mol. The molecule has 0 rings (SSSR count). The van der Waals surface area contributed by atoms with Gasteiger partial charge in [0.2, 0.25) is 0 Å². The number of halogens is 2. The van der Waals surface area contributed by atoms with Gasteiger partial charge in [0.1, 0.15) is 0 Å². The average Bonchev–Trinajstić information content (AvgIpc) is 2.21. The molecule has 0 radical (unpaired) electrons. The summed E-state index contributed by atoms with van der Waals surface area (Å²) in [6.45, 7) is 5.16. The second-order valence-corrected chi connectivity index (χ2v) is 3.41. The molecule has 0 unspecified atom stereocenters. The SMILES string of the molecule is N.N.N.N.[Cl-].[Cl-].[NH-]CCCNCCCCNCCC[NH-].[Pt+2].[Pt+2]. The Hall–Kier alpha value is 1.64. The summed E-state index contributed by atoms with van der Waals surface area (Å²) in [5, 5.41) is 6.62. The van der Waals surface area contributed by atoms with Crippen LogP contribution < -0.4 is 60.0 Å². The van der Waals surface area contributed by atoms with Crippen LogP contribution in [0.5, 0.6) is 0 Å². The maximum Gasteiger partial charge on any atom is 2.00 e. The molecule has 0 saturated heterocycles. The Bertz CT molecular complexity index is 111. The van der Waals surface area contributed by atoms with Crippen LogP contribution in [0.1, 0.15) is 25.7 Å². The zero-order chi connectivity index (χ0) is 10.5. The van der Waals surface area contributed by atoms with E-state index in [1.54, 1.807) is 0 Å². The van der Waals surface area contributed by atoms with E-state index >= 15 is 0 Å². The van der Waals surface area contributed by atoms with Gasteiger partial charge < -0.3 is 71.5 Å². The van der Waals surface area contributed by atoms with E-state index in [2.05, 4.69) is 10.6 Å². The molecule has 0 saturated carbocycles. The summed E-state index contributed by atoms with van der Waals surface area (Å²) in [4.78, 5) is 0. The van der Waals surface area contributed by atoms with Gasteiger partial charge in [0.05, 0.1) is 0 Å². The molecule has 0 heterocycles. The first-order chi connectivity index (χ1) is 6.91. The molecule has 0 atom stereocenters. The Balaban J connectivity index is -0.0000000302. The summed E-state index contributed by atoms with van der Waals surface area (Å²) in [5.74, 6) is 0. The van der Waals surface area contributed by atoms with Crippen LogP contribution >= 0.6 is 0 Å². The fraction of sp³-hybridized carbons (Fsp3) is 1.00. The van der Waals surface area contributed by atoms with Gasteiger partial charge in [-0.25, -0.2) is 0 Å². The van der Waals surface area contributed by atoms with Crippen LogP contribution in [-0.4, -0.2) is 39.3 Å². The largest absolute Gasteiger partial charge is 2.00 e. The van der Waals surface area contributed by atoms with Gasteiger partial charge >= 0.3 is 42.1 Å². The minimum absolute atomic E-state index is 0. The van der Waals surface area contributed by atoms with Gasteiger partial charge in [0.25, 0.3) is 0 Å². The molecule has 16 N–H and O–H groups in total. The monoisotopic (exact) mass is 728 g/mol. The van der Waals surface area contributed by atoms with Crippen molar-refractivity contribution >= 4 is 0 Å². The van der Waals surface area contributed by atoms with Gasteiger partial charge in [-0.05, 0) is 39.0 Å². The third-order valence-corrected chi connectivity index (χ3v) is 2.02. The van der Waals surface area contributed by atoms with Crippen molar-refractivity contribution in [3.05, 3.63) is 11.5 Å². The normalized spacial score (nSPS) is 6.82. The maximum absolute atomic E-state index is 6.95. The molecular formula is C10H36Cl2N8Pt2. The van der Waals surface area contributed by atoms with Crippen molar-refractivity contribution in [3.63, 3.8) is 0 Å². The quantitative estimate of drug-likeness (QED) is 0.119. The van der Waals surface area contributed by atoms with Gasteiger partial charge in [0.15, 0.2) is 0 Å². The van der Waals surface area contributed by atoms with Crippen molar-refractivity contribution < 1.29 is 66.9 Å². The summed E-state index contributed by atoms with van der Waals surface area (Å²) in [6, 6.07) is 0. The summed E-state index contributed by atoms with van der Waals surface area (Å²) in [6.07, 6.45) is 4.32.